The molecule has 0 radical (unpaired) electrons. The predicted octanol–water partition coefficient (Wildman–Crippen LogP) is 3.78. The van der Waals surface area contributed by atoms with E-state index in [-0.39, 0.29) is 6.61 Å². The molecular weight excluding hydrogens is 290 g/mol. The van der Waals surface area contributed by atoms with E-state index < -0.39 is 5.97 Å². The lowest BCUT2D eigenvalue weighted by Crippen LogP contribution is -2.20. The van der Waals surface area contributed by atoms with E-state index in [0.29, 0.717) is 11.8 Å². The van der Waals surface area contributed by atoms with Gasteiger partial charge >= 0.3 is 5.97 Å². The molecule has 4 nitrogen and oxygen atoms in total. The van der Waals surface area contributed by atoms with Crippen molar-refractivity contribution < 1.29 is 14.6 Å². The molecule has 0 aliphatic rings. The second-order valence-corrected chi connectivity index (χ2v) is 5.46. The Balaban J connectivity index is 1.91. The lowest BCUT2D eigenvalue weighted by atomic mass is 10.0. The van der Waals surface area contributed by atoms with E-state index in [4.69, 9.17) is 9.84 Å². The molecule has 0 aromatic heterocycles. The first kappa shape index (κ1) is 17.0. The second-order valence-electron chi connectivity index (χ2n) is 5.46. The highest BCUT2D eigenvalue weighted by Gasteiger charge is 2.09. The Labute approximate surface area is 137 Å². The van der Waals surface area contributed by atoms with E-state index in [9.17, 15) is 4.79 Å². The molecule has 2 aromatic rings. The SMILES string of the molecule is CCCC(NCc1ccc(OCC(=O)O)cc1)c1ccccc1. The van der Waals surface area contributed by atoms with Gasteiger partial charge in [0.1, 0.15) is 5.75 Å². The summed E-state index contributed by atoms with van der Waals surface area (Å²) < 4.78 is 5.14. The van der Waals surface area contributed by atoms with Gasteiger partial charge in [-0.15, -0.1) is 0 Å². The van der Waals surface area contributed by atoms with Crippen LogP contribution in [-0.4, -0.2) is 17.7 Å². The molecule has 4 heteroatoms. The zero-order valence-corrected chi connectivity index (χ0v) is 13.4. The van der Waals surface area contributed by atoms with E-state index in [1.54, 1.807) is 12.1 Å². The van der Waals surface area contributed by atoms with Crippen LogP contribution in [0.4, 0.5) is 0 Å². The number of nitrogens with one attached hydrogen (secondary N) is 1. The van der Waals surface area contributed by atoms with Gasteiger partial charge in [-0.05, 0) is 29.7 Å². The fourth-order valence-corrected chi connectivity index (χ4v) is 2.45. The third-order valence-corrected chi connectivity index (χ3v) is 3.62. The minimum Gasteiger partial charge on any atom is -0.482 e. The minimum absolute atomic E-state index is 0.315. The Morgan fingerprint density at radius 1 is 1.13 bits per heavy atom. The highest BCUT2D eigenvalue weighted by Crippen LogP contribution is 2.19. The summed E-state index contributed by atoms with van der Waals surface area (Å²) in [4.78, 5) is 10.5. The lowest BCUT2D eigenvalue weighted by Gasteiger charge is -2.19. The first-order chi connectivity index (χ1) is 11.2. The average molecular weight is 313 g/mol. The van der Waals surface area contributed by atoms with Crippen molar-refractivity contribution in [3.63, 3.8) is 0 Å². The first-order valence-corrected chi connectivity index (χ1v) is 7.91. The van der Waals surface area contributed by atoms with Crippen LogP contribution in [0.3, 0.4) is 0 Å². The van der Waals surface area contributed by atoms with Crippen molar-refractivity contribution in [3.8, 4) is 5.75 Å². The van der Waals surface area contributed by atoms with Crippen molar-refractivity contribution in [2.45, 2.75) is 32.4 Å². The predicted molar refractivity (Wildman–Crippen MR) is 90.5 cm³/mol. The van der Waals surface area contributed by atoms with E-state index in [2.05, 4.69) is 36.5 Å². The molecule has 0 saturated carbocycles. The van der Waals surface area contributed by atoms with Crippen molar-refractivity contribution >= 4 is 5.97 Å². The first-order valence-electron chi connectivity index (χ1n) is 7.91. The zero-order chi connectivity index (χ0) is 16.5. The Kier molecular flexibility index (Phi) is 6.63. The fourth-order valence-electron chi connectivity index (χ4n) is 2.45. The molecule has 0 bridgehead atoms. The van der Waals surface area contributed by atoms with Crippen LogP contribution in [0.1, 0.15) is 36.9 Å². The Bertz CT molecular complexity index is 596. The second kappa shape index (κ2) is 8.96. The van der Waals surface area contributed by atoms with Crippen LogP contribution in [0.5, 0.6) is 5.75 Å². The quantitative estimate of drug-likeness (QED) is 0.739. The zero-order valence-electron chi connectivity index (χ0n) is 13.4. The number of aliphatic carboxylic acids is 1. The molecule has 0 aliphatic carbocycles. The molecule has 2 N–H and O–H groups in total. The molecule has 2 rings (SSSR count). The summed E-state index contributed by atoms with van der Waals surface area (Å²) in [7, 11) is 0. The molecule has 0 aliphatic heterocycles. The topological polar surface area (TPSA) is 58.6 Å². The van der Waals surface area contributed by atoms with Crippen LogP contribution >= 0.6 is 0 Å². The van der Waals surface area contributed by atoms with Crippen molar-refractivity contribution in [1.29, 1.82) is 0 Å². The van der Waals surface area contributed by atoms with Gasteiger partial charge in [-0.3, -0.25) is 0 Å². The number of carboxylic acids is 1. The number of carboxylic acid groups (broad SMARTS) is 1. The Morgan fingerprint density at radius 2 is 1.83 bits per heavy atom. The summed E-state index contributed by atoms with van der Waals surface area (Å²) in [6, 6.07) is 18.3. The molecule has 1 unspecified atom stereocenters. The maximum absolute atomic E-state index is 10.5. The van der Waals surface area contributed by atoms with Crippen LogP contribution in [0.15, 0.2) is 54.6 Å². The third-order valence-electron chi connectivity index (χ3n) is 3.62. The van der Waals surface area contributed by atoms with Crippen molar-refractivity contribution in [1.82, 2.24) is 5.32 Å². The van der Waals surface area contributed by atoms with E-state index in [1.165, 1.54) is 5.56 Å². The summed E-state index contributed by atoms with van der Waals surface area (Å²) in [5.41, 5.74) is 2.44. The van der Waals surface area contributed by atoms with Gasteiger partial charge in [-0.25, -0.2) is 4.79 Å². The molecule has 122 valence electrons. The normalized spacial score (nSPS) is 11.9. The molecule has 2 aromatic carbocycles. The number of hydrogen-bond acceptors (Lipinski definition) is 3. The number of hydrogen-bond donors (Lipinski definition) is 2. The molecule has 23 heavy (non-hydrogen) atoms. The molecule has 0 amide bonds. The van der Waals surface area contributed by atoms with Gasteiger partial charge in [-0.1, -0.05) is 55.8 Å². The highest BCUT2D eigenvalue weighted by molar-refractivity contribution is 5.68. The summed E-state index contributed by atoms with van der Waals surface area (Å²) in [5.74, 6) is -0.398. The summed E-state index contributed by atoms with van der Waals surface area (Å²) in [6.07, 6.45) is 2.21. The molecule has 0 heterocycles. The van der Waals surface area contributed by atoms with Gasteiger partial charge < -0.3 is 15.2 Å². The maximum atomic E-state index is 10.5. The number of benzene rings is 2. The molecular formula is C19H23NO3. The lowest BCUT2D eigenvalue weighted by molar-refractivity contribution is -0.139. The highest BCUT2D eigenvalue weighted by atomic mass is 16.5. The fraction of sp³-hybridized carbons (Fsp3) is 0.316. The van der Waals surface area contributed by atoms with Crippen molar-refractivity contribution in [2.75, 3.05) is 6.61 Å². The maximum Gasteiger partial charge on any atom is 0.341 e. The molecule has 0 saturated heterocycles. The van der Waals surface area contributed by atoms with Crippen molar-refractivity contribution in [3.05, 3.63) is 65.7 Å². The van der Waals surface area contributed by atoms with E-state index >= 15 is 0 Å². The van der Waals surface area contributed by atoms with Gasteiger partial charge in [0.15, 0.2) is 6.61 Å². The van der Waals surface area contributed by atoms with Gasteiger partial charge in [0.25, 0.3) is 0 Å². The van der Waals surface area contributed by atoms with E-state index in [0.717, 1.165) is 24.9 Å². The Morgan fingerprint density at radius 3 is 2.43 bits per heavy atom. The molecule has 1 atom stereocenters. The molecule has 0 spiro atoms. The standard InChI is InChI=1S/C19H23NO3/c1-2-6-18(16-7-4-3-5-8-16)20-13-15-9-11-17(12-10-15)23-14-19(21)22/h3-5,7-12,18,20H,2,6,13-14H2,1H3,(H,21,22). The van der Waals surface area contributed by atoms with Gasteiger partial charge in [0.2, 0.25) is 0 Å². The minimum atomic E-state index is -0.971. The van der Waals surface area contributed by atoms with Crippen LogP contribution in [0, 0.1) is 0 Å². The van der Waals surface area contributed by atoms with Crippen LogP contribution < -0.4 is 10.1 Å². The van der Waals surface area contributed by atoms with Crippen LogP contribution in [0.2, 0.25) is 0 Å². The monoisotopic (exact) mass is 313 g/mol. The Hall–Kier alpha value is -2.33. The number of carbonyl (C=O) groups is 1. The van der Waals surface area contributed by atoms with Crippen LogP contribution in [-0.2, 0) is 11.3 Å². The summed E-state index contributed by atoms with van der Waals surface area (Å²) >= 11 is 0. The van der Waals surface area contributed by atoms with Gasteiger partial charge in [0, 0.05) is 12.6 Å². The van der Waals surface area contributed by atoms with Crippen molar-refractivity contribution in [2.24, 2.45) is 0 Å². The smallest absolute Gasteiger partial charge is 0.341 e. The van der Waals surface area contributed by atoms with Gasteiger partial charge in [0.05, 0.1) is 0 Å². The largest absolute Gasteiger partial charge is 0.482 e. The number of rotatable bonds is 9. The van der Waals surface area contributed by atoms with Gasteiger partial charge in [-0.2, -0.15) is 0 Å². The summed E-state index contributed by atoms with van der Waals surface area (Å²) in [6.45, 7) is 2.63. The third kappa shape index (κ3) is 5.75. The average Bonchev–Trinajstić information content (AvgIpc) is 2.58. The van der Waals surface area contributed by atoms with E-state index in [1.807, 2.05) is 18.2 Å². The number of ether oxygens (including phenoxy) is 1. The molecule has 0 fully saturated rings. The van der Waals surface area contributed by atoms with Crippen LogP contribution in [0.25, 0.3) is 0 Å². The summed E-state index contributed by atoms with van der Waals surface area (Å²) in [5, 5.41) is 12.2.